The summed E-state index contributed by atoms with van der Waals surface area (Å²) in [6.07, 6.45) is 0.257. The quantitative estimate of drug-likeness (QED) is 0.444. The third kappa shape index (κ3) is 3.93. The molecule has 2 aromatic carbocycles. The smallest absolute Gasteiger partial charge is 0.316 e. The third-order valence-corrected chi connectivity index (χ3v) is 3.76. The van der Waals surface area contributed by atoms with Crippen molar-refractivity contribution in [2.75, 3.05) is 21.3 Å². The Morgan fingerprint density at radius 1 is 0.958 bits per heavy atom. The molecule has 0 N–H and O–H groups in total. The van der Waals surface area contributed by atoms with Crippen LogP contribution in [-0.2, 0) is 16.0 Å². The molecule has 24 heavy (non-hydrogen) atoms. The summed E-state index contributed by atoms with van der Waals surface area (Å²) in [5, 5.41) is 0. The van der Waals surface area contributed by atoms with Gasteiger partial charge in [-0.15, -0.1) is 0 Å². The van der Waals surface area contributed by atoms with E-state index in [-0.39, 0.29) is 12.2 Å². The molecule has 5 nitrogen and oxygen atoms in total. The zero-order valence-corrected chi connectivity index (χ0v) is 13.9. The molecule has 0 bridgehead atoms. The lowest BCUT2D eigenvalue weighted by atomic mass is 9.90. The van der Waals surface area contributed by atoms with Crippen LogP contribution in [0.2, 0.25) is 0 Å². The molecular formula is C19H20O5. The van der Waals surface area contributed by atoms with E-state index in [0.29, 0.717) is 17.1 Å². The number of ether oxygens (including phenoxy) is 3. The molecule has 1 atom stereocenters. The fourth-order valence-electron chi connectivity index (χ4n) is 2.47. The van der Waals surface area contributed by atoms with Gasteiger partial charge in [-0.3, -0.25) is 9.59 Å². The van der Waals surface area contributed by atoms with Crippen LogP contribution in [0.25, 0.3) is 0 Å². The van der Waals surface area contributed by atoms with E-state index in [2.05, 4.69) is 0 Å². The van der Waals surface area contributed by atoms with Crippen molar-refractivity contribution in [3.8, 4) is 11.5 Å². The first kappa shape index (κ1) is 17.5. The summed E-state index contributed by atoms with van der Waals surface area (Å²) in [6, 6.07) is 14.2. The second kappa shape index (κ2) is 8.15. The SMILES string of the molecule is COC(=O)C(Cc1ccccc1)C(=O)c1cc(OC)ccc1OC. The molecule has 0 spiro atoms. The number of methoxy groups -OCH3 is 3. The van der Waals surface area contributed by atoms with Crippen LogP contribution in [0.15, 0.2) is 48.5 Å². The Balaban J connectivity index is 2.39. The van der Waals surface area contributed by atoms with Gasteiger partial charge in [-0.1, -0.05) is 30.3 Å². The average Bonchev–Trinajstić information content (AvgIpc) is 2.65. The molecule has 1 unspecified atom stereocenters. The number of rotatable bonds is 7. The monoisotopic (exact) mass is 328 g/mol. The molecule has 0 aliphatic rings. The van der Waals surface area contributed by atoms with Crippen LogP contribution >= 0.6 is 0 Å². The molecule has 2 aromatic rings. The minimum atomic E-state index is -0.946. The van der Waals surface area contributed by atoms with Crippen LogP contribution in [0, 0.1) is 5.92 Å². The lowest BCUT2D eigenvalue weighted by Crippen LogP contribution is -2.28. The largest absolute Gasteiger partial charge is 0.497 e. The molecular weight excluding hydrogens is 308 g/mol. The van der Waals surface area contributed by atoms with Gasteiger partial charge in [0.05, 0.1) is 26.9 Å². The van der Waals surface area contributed by atoms with Gasteiger partial charge < -0.3 is 14.2 Å². The molecule has 0 aromatic heterocycles. The highest BCUT2D eigenvalue weighted by Crippen LogP contribution is 2.28. The zero-order valence-electron chi connectivity index (χ0n) is 13.9. The standard InChI is InChI=1S/C19H20O5/c1-22-14-9-10-17(23-2)15(12-14)18(20)16(19(21)24-3)11-13-7-5-4-6-8-13/h4-10,12,16H,11H2,1-3H3. The van der Waals surface area contributed by atoms with E-state index in [0.717, 1.165) is 5.56 Å². The maximum atomic E-state index is 13.0. The highest BCUT2D eigenvalue weighted by atomic mass is 16.5. The normalized spacial score (nSPS) is 11.5. The highest BCUT2D eigenvalue weighted by Gasteiger charge is 2.31. The Kier molecular flexibility index (Phi) is 5.95. The predicted octanol–water partition coefficient (Wildman–Crippen LogP) is 2.92. The first-order chi connectivity index (χ1) is 11.6. The van der Waals surface area contributed by atoms with Crippen molar-refractivity contribution in [2.45, 2.75) is 6.42 Å². The topological polar surface area (TPSA) is 61.8 Å². The Hall–Kier alpha value is -2.82. The van der Waals surface area contributed by atoms with E-state index in [1.807, 2.05) is 30.3 Å². The molecule has 2 rings (SSSR count). The van der Waals surface area contributed by atoms with E-state index < -0.39 is 11.9 Å². The number of benzene rings is 2. The molecule has 0 saturated heterocycles. The first-order valence-electron chi connectivity index (χ1n) is 7.48. The number of hydrogen-bond acceptors (Lipinski definition) is 5. The van der Waals surface area contributed by atoms with Crippen molar-refractivity contribution in [3.05, 3.63) is 59.7 Å². The Morgan fingerprint density at radius 3 is 2.25 bits per heavy atom. The van der Waals surface area contributed by atoms with Gasteiger partial charge >= 0.3 is 5.97 Å². The zero-order chi connectivity index (χ0) is 17.5. The van der Waals surface area contributed by atoms with Crippen LogP contribution in [-0.4, -0.2) is 33.1 Å². The van der Waals surface area contributed by atoms with Gasteiger partial charge in [0.15, 0.2) is 5.78 Å². The lowest BCUT2D eigenvalue weighted by molar-refractivity contribution is -0.143. The second-order valence-electron chi connectivity index (χ2n) is 5.20. The van der Waals surface area contributed by atoms with E-state index in [1.165, 1.54) is 21.3 Å². The van der Waals surface area contributed by atoms with Crippen molar-refractivity contribution in [2.24, 2.45) is 5.92 Å². The third-order valence-electron chi connectivity index (χ3n) is 3.76. The van der Waals surface area contributed by atoms with Gasteiger partial charge in [0.25, 0.3) is 0 Å². The van der Waals surface area contributed by atoms with Crippen molar-refractivity contribution < 1.29 is 23.8 Å². The number of carbonyl (C=O) groups is 2. The van der Waals surface area contributed by atoms with Crippen LogP contribution in [0.5, 0.6) is 11.5 Å². The summed E-state index contributed by atoms with van der Waals surface area (Å²) in [6.45, 7) is 0. The number of Topliss-reactive ketones (excluding diaryl/α,β-unsaturated/α-hetero) is 1. The van der Waals surface area contributed by atoms with Gasteiger partial charge in [0.2, 0.25) is 0 Å². The summed E-state index contributed by atoms with van der Waals surface area (Å²) in [7, 11) is 4.26. The Labute approximate surface area is 141 Å². The number of hydrogen-bond donors (Lipinski definition) is 0. The Bertz CT molecular complexity index is 709. The second-order valence-corrected chi connectivity index (χ2v) is 5.20. The maximum Gasteiger partial charge on any atom is 0.316 e. The number of carbonyl (C=O) groups excluding carboxylic acids is 2. The van der Waals surface area contributed by atoms with Gasteiger partial charge in [0, 0.05) is 0 Å². The molecule has 0 aliphatic heterocycles. The average molecular weight is 328 g/mol. The molecule has 0 fully saturated rings. The van der Waals surface area contributed by atoms with Crippen LogP contribution in [0.3, 0.4) is 0 Å². The molecule has 0 radical (unpaired) electrons. The molecule has 5 heteroatoms. The molecule has 0 heterocycles. The summed E-state index contributed by atoms with van der Waals surface area (Å²) in [5.74, 6) is -0.973. The van der Waals surface area contributed by atoms with Gasteiger partial charge in [-0.25, -0.2) is 0 Å². The van der Waals surface area contributed by atoms with Crippen molar-refractivity contribution in [1.82, 2.24) is 0 Å². The summed E-state index contributed by atoms with van der Waals surface area (Å²) < 4.78 is 15.2. The van der Waals surface area contributed by atoms with Crippen molar-refractivity contribution in [3.63, 3.8) is 0 Å². The highest BCUT2D eigenvalue weighted by molar-refractivity contribution is 6.10. The summed E-state index contributed by atoms with van der Waals surface area (Å²) >= 11 is 0. The van der Waals surface area contributed by atoms with Crippen LogP contribution in [0.4, 0.5) is 0 Å². The van der Waals surface area contributed by atoms with Crippen LogP contribution < -0.4 is 9.47 Å². The fraction of sp³-hybridized carbons (Fsp3) is 0.263. The minimum Gasteiger partial charge on any atom is -0.497 e. The Morgan fingerprint density at radius 2 is 1.67 bits per heavy atom. The fourth-order valence-corrected chi connectivity index (χ4v) is 2.47. The summed E-state index contributed by atoms with van der Waals surface area (Å²) in [4.78, 5) is 25.1. The molecule has 0 amide bonds. The molecule has 0 saturated carbocycles. The number of ketones is 1. The van der Waals surface area contributed by atoms with Gasteiger partial charge in [0.1, 0.15) is 17.4 Å². The minimum absolute atomic E-state index is 0.257. The number of esters is 1. The predicted molar refractivity (Wildman–Crippen MR) is 89.5 cm³/mol. The molecule has 0 aliphatic carbocycles. The molecule has 126 valence electrons. The van der Waals surface area contributed by atoms with E-state index in [9.17, 15) is 9.59 Å². The van der Waals surface area contributed by atoms with Gasteiger partial charge in [-0.2, -0.15) is 0 Å². The maximum absolute atomic E-state index is 13.0. The summed E-state index contributed by atoms with van der Waals surface area (Å²) in [5.41, 5.74) is 1.17. The van der Waals surface area contributed by atoms with Crippen molar-refractivity contribution in [1.29, 1.82) is 0 Å². The van der Waals surface area contributed by atoms with Gasteiger partial charge in [-0.05, 0) is 30.2 Å². The first-order valence-corrected chi connectivity index (χ1v) is 7.48. The van der Waals surface area contributed by atoms with E-state index >= 15 is 0 Å². The lowest BCUT2D eigenvalue weighted by Gasteiger charge is -2.16. The van der Waals surface area contributed by atoms with Crippen molar-refractivity contribution >= 4 is 11.8 Å². The van der Waals surface area contributed by atoms with E-state index in [1.54, 1.807) is 18.2 Å². The van der Waals surface area contributed by atoms with Crippen LogP contribution in [0.1, 0.15) is 15.9 Å². The van der Waals surface area contributed by atoms with E-state index in [4.69, 9.17) is 14.2 Å².